The van der Waals surface area contributed by atoms with Gasteiger partial charge in [0.1, 0.15) is 5.41 Å². The van der Waals surface area contributed by atoms with Crippen LogP contribution in [0.25, 0.3) is 6.08 Å². The van der Waals surface area contributed by atoms with Crippen molar-refractivity contribution < 1.29 is 19.3 Å². The van der Waals surface area contributed by atoms with Gasteiger partial charge in [-0.15, -0.1) is 0 Å². The molecule has 3 aromatic carbocycles. The normalized spacial score (nSPS) is 22.9. The van der Waals surface area contributed by atoms with Gasteiger partial charge in [-0.25, -0.2) is 0 Å². The number of ketones is 3. The standard InChI is InChI=1S/C28H19ClN2O5/c1-15(32)25-24(17-5-4-6-19(14-17)31(35)36)28(26(33)20-7-2-3-8-21(20)27(28)34)23-12-9-16-13-18(29)10-11-22(16)30(23)25/h2-14,23-25H,1H3/t23-,24+,25+/m1/s1. The third kappa shape index (κ3) is 2.77. The minimum Gasteiger partial charge on any atom is -0.352 e. The lowest BCUT2D eigenvalue weighted by Crippen LogP contribution is -2.48. The number of Topliss-reactive ketones (excluding diaryl/α,β-unsaturated/α-hetero) is 3. The third-order valence-electron chi connectivity index (χ3n) is 7.62. The van der Waals surface area contributed by atoms with Gasteiger partial charge in [-0.3, -0.25) is 24.5 Å². The Hall–Kier alpha value is -4.10. The topological polar surface area (TPSA) is 97.6 Å². The van der Waals surface area contributed by atoms with Crippen LogP contribution in [0.2, 0.25) is 5.02 Å². The summed E-state index contributed by atoms with van der Waals surface area (Å²) in [7, 11) is 0. The first kappa shape index (κ1) is 22.4. The zero-order chi connectivity index (χ0) is 25.4. The Kier molecular flexibility index (Phi) is 4.78. The van der Waals surface area contributed by atoms with Crippen LogP contribution >= 0.6 is 11.6 Å². The molecule has 1 saturated heterocycles. The Balaban J connectivity index is 1.68. The van der Waals surface area contributed by atoms with E-state index in [4.69, 9.17) is 11.6 Å². The molecule has 8 heteroatoms. The minimum atomic E-state index is -1.66. The minimum absolute atomic E-state index is 0.173. The Bertz CT molecular complexity index is 1510. The molecule has 7 nitrogen and oxygen atoms in total. The Morgan fingerprint density at radius 3 is 2.33 bits per heavy atom. The molecular weight excluding hydrogens is 480 g/mol. The van der Waals surface area contributed by atoms with Gasteiger partial charge in [0.2, 0.25) is 0 Å². The van der Waals surface area contributed by atoms with E-state index in [2.05, 4.69) is 0 Å². The summed E-state index contributed by atoms with van der Waals surface area (Å²) in [6, 6.07) is 16.1. The molecule has 36 heavy (non-hydrogen) atoms. The smallest absolute Gasteiger partial charge is 0.269 e. The number of halogens is 1. The van der Waals surface area contributed by atoms with Crippen LogP contribution in [0.4, 0.5) is 11.4 Å². The molecule has 1 aliphatic carbocycles. The maximum Gasteiger partial charge on any atom is 0.269 e. The maximum absolute atomic E-state index is 14.3. The SMILES string of the molecule is CC(=O)[C@H]1[C@H](c2cccc([N+](=O)[O-])c2)C2(C(=O)c3ccccc3C2=O)[C@H]2C=Cc3cc(Cl)ccc3N12. The van der Waals surface area contributed by atoms with Gasteiger partial charge in [-0.2, -0.15) is 0 Å². The molecule has 0 bridgehead atoms. The number of nitro benzene ring substituents is 1. The van der Waals surface area contributed by atoms with Crippen molar-refractivity contribution in [3.05, 3.63) is 110 Å². The van der Waals surface area contributed by atoms with E-state index >= 15 is 0 Å². The summed E-state index contributed by atoms with van der Waals surface area (Å²) in [4.78, 5) is 54.8. The summed E-state index contributed by atoms with van der Waals surface area (Å²) in [5.41, 5.74) is 0.606. The second kappa shape index (κ2) is 7.70. The van der Waals surface area contributed by atoms with Gasteiger partial charge in [0.15, 0.2) is 17.3 Å². The van der Waals surface area contributed by atoms with Crippen LogP contribution in [-0.4, -0.2) is 34.4 Å². The van der Waals surface area contributed by atoms with Crippen molar-refractivity contribution in [2.45, 2.75) is 24.9 Å². The fourth-order valence-electron chi connectivity index (χ4n) is 6.31. The second-order valence-corrected chi connectivity index (χ2v) is 9.81. The Morgan fingerprint density at radius 1 is 1.00 bits per heavy atom. The monoisotopic (exact) mass is 498 g/mol. The number of rotatable bonds is 3. The summed E-state index contributed by atoms with van der Waals surface area (Å²) in [6.45, 7) is 1.43. The number of benzene rings is 3. The van der Waals surface area contributed by atoms with E-state index in [0.717, 1.165) is 5.56 Å². The van der Waals surface area contributed by atoms with Gasteiger partial charge in [0.25, 0.3) is 5.69 Å². The van der Waals surface area contributed by atoms with Crippen LogP contribution < -0.4 is 4.90 Å². The summed E-state index contributed by atoms with van der Waals surface area (Å²) in [6.07, 6.45) is 3.61. The summed E-state index contributed by atoms with van der Waals surface area (Å²) < 4.78 is 0. The van der Waals surface area contributed by atoms with Crippen LogP contribution in [0.5, 0.6) is 0 Å². The first-order valence-electron chi connectivity index (χ1n) is 11.5. The van der Waals surface area contributed by atoms with Crippen LogP contribution in [0.3, 0.4) is 0 Å². The molecule has 2 heterocycles. The lowest BCUT2D eigenvalue weighted by Gasteiger charge is -2.37. The maximum atomic E-state index is 14.3. The first-order valence-corrected chi connectivity index (χ1v) is 11.8. The van der Waals surface area contributed by atoms with Crippen molar-refractivity contribution in [1.82, 2.24) is 0 Å². The predicted molar refractivity (Wildman–Crippen MR) is 135 cm³/mol. The number of hydrogen-bond donors (Lipinski definition) is 0. The van der Waals surface area contributed by atoms with E-state index in [9.17, 15) is 24.5 Å². The van der Waals surface area contributed by atoms with E-state index in [1.165, 1.54) is 25.1 Å². The van der Waals surface area contributed by atoms with E-state index in [-0.39, 0.29) is 23.0 Å². The number of nitrogens with zero attached hydrogens (tertiary/aromatic N) is 2. The first-order chi connectivity index (χ1) is 17.3. The van der Waals surface area contributed by atoms with Crippen molar-refractivity contribution in [3.63, 3.8) is 0 Å². The van der Waals surface area contributed by atoms with E-state index in [1.807, 2.05) is 11.0 Å². The molecule has 0 saturated carbocycles. The third-order valence-corrected chi connectivity index (χ3v) is 7.86. The highest BCUT2D eigenvalue weighted by Gasteiger charge is 2.71. The highest BCUT2D eigenvalue weighted by atomic mass is 35.5. The molecule has 6 rings (SSSR count). The summed E-state index contributed by atoms with van der Waals surface area (Å²) in [5.74, 6) is -1.94. The quantitative estimate of drug-likeness (QED) is 0.277. The summed E-state index contributed by atoms with van der Waals surface area (Å²) >= 11 is 6.23. The summed E-state index contributed by atoms with van der Waals surface area (Å²) in [5, 5.41) is 12.1. The number of hydrogen-bond acceptors (Lipinski definition) is 6. The molecule has 1 spiro atoms. The molecule has 0 amide bonds. The fourth-order valence-corrected chi connectivity index (χ4v) is 6.49. The highest BCUT2D eigenvalue weighted by Crippen LogP contribution is 2.60. The molecule has 0 N–H and O–H groups in total. The molecule has 3 aliphatic rings. The lowest BCUT2D eigenvalue weighted by atomic mass is 9.64. The van der Waals surface area contributed by atoms with E-state index in [1.54, 1.807) is 54.6 Å². The molecule has 0 aromatic heterocycles. The second-order valence-electron chi connectivity index (χ2n) is 9.37. The van der Waals surface area contributed by atoms with E-state index in [0.29, 0.717) is 27.4 Å². The zero-order valence-corrected chi connectivity index (χ0v) is 19.8. The molecule has 0 unspecified atom stereocenters. The van der Waals surface area contributed by atoms with Crippen LogP contribution in [0.15, 0.2) is 72.8 Å². The molecule has 1 fully saturated rings. The average Bonchev–Trinajstić information content (AvgIpc) is 3.30. The van der Waals surface area contributed by atoms with Crippen LogP contribution in [0.1, 0.15) is 44.7 Å². The lowest BCUT2D eigenvalue weighted by molar-refractivity contribution is -0.384. The molecular formula is C28H19ClN2O5. The van der Waals surface area contributed by atoms with Crippen molar-refractivity contribution in [2.75, 3.05) is 4.90 Å². The Morgan fingerprint density at radius 2 is 1.69 bits per heavy atom. The highest BCUT2D eigenvalue weighted by molar-refractivity contribution is 6.32. The van der Waals surface area contributed by atoms with Gasteiger partial charge in [0.05, 0.1) is 17.0 Å². The molecule has 0 radical (unpaired) electrons. The van der Waals surface area contributed by atoms with Crippen molar-refractivity contribution in [2.24, 2.45) is 5.41 Å². The molecule has 3 atom stereocenters. The molecule has 178 valence electrons. The zero-order valence-electron chi connectivity index (χ0n) is 19.1. The van der Waals surface area contributed by atoms with Crippen LogP contribution in [0, 0.1) is 15.5 Å². The van der Waals surface area contributed by atoms with Crippen molar-refractivity contribution in [1.29, 1.82) is 0 Å². The average molecular weight is 499 g/mol. The number of fused-ring (bicyclic) bond motifs is 5. The number of anilines is 1. The van der Waals surface area contributed by atoms with Crippen LogP contribution in [-0.2, 0) is 4.79 Å². The van der Waals surface area contributed by atoms with E-state index < -0.39 is 28.3 Å². The fraction of sp³-hybridized carbons (Fsp3) is 0.179. The number of nitro groups is 1. The van der Waals surface area contributed by atoms with Gasteiger partial charge in [-0.05, 0) is 36.2 Å². The van der Waals surface area contributed by atoms with Gasteiger partial charge in [-0.1, -0.05) is 60.2 Å². The largest absolute Gasteiger partial charge is 0.352 e. The molecule has 3 aromatic rings. The predicted octanol–water partition coefficient (Wildman–Crippen LogP) is 5.27. The van der Waals surface area contributed by atoms with Crippen molar-refractivity contribution >= 4 is 46.4 Å². The number of carbonyl (C=O) groups excluding carboxylic acids is 3. The number of carbonyl (C=O) groups is 3. The van der Waals surface area contributed by atoms with Gasteiger partial charge >= 0.3 is 0 Å². The molecule has 2 aliphatic heterocycles. The Labute approximate surface area is 211 Å². The number of non-ortho nitro benzene ring substituents is 1. The van der Waals surface area contributed by atoms with Crippen molar-refractivity contribution in [3.8, 4) is 0 Å². The van der Waals surface area contributed by atoms with Gasteiger partial charge in [0, 0.05) is 39.9 Å². The van der Waals surface area contributed by atoms with Gasteiger partial charge < -0.3 is 4.90 Å².